The molecule has 1 saturated carbocycles. The summed E-state index contributed by atoms with van der Waals surface area (Å²) >= 11 is 2.03. The van der Waals surface area contributed by atoms with Gasteiger partial charge in [0.05, 0.1) is 13.2 Å². The van der Waals surface area contributed by atoms with Crippen molar-refractivity contribution in [2.75, 3.05) is 20.3 Å². The SMILES string of the molecule is CNC1CCC2(CC1SCc1cccc(C)c1)OCCO2. The highest BCUT2D eigenvalue weighted by atomic mass is 32.2. The predicted molar refractivity (Wildman–Crippen MR) is 87.6 cm³/mol. The maximum absolute atomic E-state index is 5.91. The molecule has 2 atom stereocenters. The molecule has 3 rings (SSSR count). The van der Waals surface area contributed by atoms with Crippen LogP contribution in [0.5, 0.6) is 0 Å². The minimum Gasteiger partial charge on any atom is -0.347 e. The zero-order valence-electron chi connectivity index (χ0n) is 12.9. The normalized spacial score (nSPS) is 28.1. The second kappa shape index (κ2) is 6.69. The van der Waals surface area contributed by atoms with Gasteiger partial charge in [0.2, 0.25) is 0 Å². The van der Waals surface area contributed by atoms with Crippen LogP contribution in [0.1, 0.15) is 30.4 Å². The lowest BCUT2D eigenvalue weighted by Gasteiger charge is -2.40. The molecule has 3 nitrogen and oxygen atoms in total. The van der Waals surface area contributed by atoms with Crippen molar-refractivity contribution in [3.63, 3.8) is 0 Å². The van der Waals surface area contributed by atoms with Crippen molar-refractivity contribution < 1.29 is 9.47 Å². The van der Waals surface area contributed by atoms with E-state index in [2.05, 4.69) is 43.6 Å². The molecule has 1 spiro atoms. The fraction of sp³-hybridized carbons (Fsp3) is 0.647. The van der Waals surface area contributed by atoms with Crippen molar-refractivity contribution in [1.82, 2.24) is 5.32 Å². The van der Waals surface area contributed by atoms with Crippen LogP contribution in [0.3, 0.4) is 0 Å². The van der Waals surface area contributed by atoms with Crippen molar-refractivity contribution in [3.05, 3.63) is 35.4 Å². The molecule has 1 aromatic carbocycles. The summed E-state index contributed by atoms with van der Waals surface area (Å²) in [5.74, 6) is 0.762. The quantitative estimate of drug-likeness (QED) is 0.926. The first-order valence-corrected chi connectivity index (χ1v) is 8.88. The maximum Gasteiger partial charge on any atom is 0.169 e. The Morgan fingerprint density at radius 3 is 2.86 bits per heavy atom. The van der Waals surface area contributed by atoms with E-state index in [1.54, 1.807) is 0 Å². The first-order valence-electron chi connectivity index (χ1n) is 7.83. The van der Waals surface area contributed by atoms with Crippen molar-refractivity contribution in [2.45, 2.75) is 49.0 Å². The molecule has 1 aliphatic heterocycles. The standard InChI is InChI=1S/C17H25NO2S/c1-13-4-3-5-14(10-13)12-21-16-11-17(19-8-9-20-17)7-6-15(16)18-2/h3-5,10,15-16,18H,6-9,11-12H2,1-2H3. The van der Waals surface area contributed by atoms with Gasteiger partial charge in [-0.25, -0.2) is 0 Å². The maximum atomic E-state index is 5.91. The molecule has 0 bridgehead atoms. The fourth-order valence-electron chi connectivity index (χ4n) is 3.38. The van der Waals surface area contributed by atoms with Crippen LogP contribution in [-0.2, 0) is 15.2 Å². The summed E-state index contributed by atoms with van der Waals surface area (Å²) in [6.45, 7) is 3.65. The first kappa shape index (κ1) is 15.3. The van der Waals surface area contributed by atoms with E-state index in [0.29, 0.717) is 11.3 Å². The van der Waals surface area contributed by atoms with E-state index < -0.39 is 0 Å². The lowest BCUT2D eigenvalue weighted by atomic mass is 9.89. The predicted octanol–water partition coefficient (Wildman–Crippen LogP) is 3.11. The fourth-order valence-corrected chi connectivity index (χ4v) is 4.84. The van der Waals surface area contributed by atoms with Crippen molar-refractivity contribution >= 4 is 11.8 Å². The lowest BCUT2D eigenvalue weighted by molar-refractivity contribution is -0.177. The van der Waals surface area contributed by atoms with Crippen LogP contribution >= 0.6 is 11.8 Å². The van der Waals surface area contributed by atoms with E-state index in [1.165, 1.54) is 11.1 Å². The van der Waals surface area contributed by atoms with Gasteiger partial charge < -0.3 is 14.8 Å². The Balaban J connectivity index is 1.63. The molecule has 0 radical (unpaired) electrons. The van der Waals surface area contributed by atoms with E-state index >= 15 is 0 Å². The van der Waals surface area contributed by atoms with Gasteiger partial charge in [-0.1, -0.05) is 29.8 Å². The Morgan fingerprint density at radius 1 is 1.33 bits per heavy atom. The molecular weight excluding hydrogens is 282 g/mol. The van der Waals surface area contributed by atoms with Gasteiger partial charge in [-0.3, -0.25) is 0 Å². The van der Waals surface area contributed by atoms with Crippen LogP contribution in [0.25, 0.3) is 0 Å². The van der Waals surface area contributed by atoms with Crippen molar-refractivity contribution in [2.24, 2.45) is 0 Å². The van der Waals surface area contributed by atoms with E-state index in [-0.39, 0.29) is 5.79 Å². The Hall–Kier alpha value is -0.550. The van der Waals surface area contributed by atoms with Gasteiger partial charge in [0.25, 0.3) is 0 Å². The lowest BCUT2D eigenvalue weighted by Crippen LogP contribution is -2.48. The second-order valence-electron chi connectivity index (χ2n) is 6.08. The molecule has 2 fully saturated rings. The molecule has 2 unspecified atom stereocenters. The summed E-state index contributed by atoms with van der Waals surface area (Å²) in [7, 11) is 2.07. The third kappa shape index (κ3) is 3.62. The average Bonchev–Trinajstić information content (AvgIpc) is 2.93. The van der Waals surface area contributed by atoms with Crippen LogP contribution in [0.2, 0.25) is 0 Å². The molecule has 1 aliphatic carbocycles. The van der Waals surface area contributed by atoms with Gasteiger partial charge in [-0.2, -0.15) is 11.8 Å². The number of hydrogen-bond acceptors (Lipinski definition) is 4. The molecule has 1 N–H and O–H groups in total. The summed E-state index contributed by atoms with van der Waals surface area (Å²) < 4.78 is 11.8. The first-order chi connectivity index (χ1) is 10.2. The summed E-state index contributed by atoms with van der Waals surface area (Å²) in [5.41, 5.74) is 2.74. The Kier molecular flexibility index (Phi) is 4.89. The third-order valence-corrected chi connectivity index (χ3v) is 5.95. The summed E-state index contributed by atoms with van der Waals surface area (Å²) in [5, 5.41) is 4.02. The molecule has 4 heteroatoms. The summed E-state index contributed by atoms with van der Waals surface area (Å²) in [6, 6.07) is 9.35. The van der Waals surface area contributed by atoms with Gasteiger partial charge in [-0.05, 0) is 26.0 Å². The summed E-state index contributed by atoms with van der Waals surface area (Å²) in [4.78, 5) is 0. The molecule has 0 aromatic heterocycles. The van der Waals surface area contributed by atoms with Gasteiger partial charge in [0, 0.05) is 29.9 Å². The monoisotopic (exact) mass is 307 g/mol. The highest BCUT2D eigenvalue weighted by molar-refractivity contribution is 7.99. The van der Waals surface area contributed by atoms with E-state index in [9.17, 15) is 0 Å². The molecular formula is C17H25NO2S. The molecule has 21 heavy (non-hydrogen) atoms. The molecule has 0 amide bonds. The van der Waals surface area contributed by atoms with E-state index in [1.807, 2.05) is 11.8 Å². The second-order valence-corrected chi connectivity index (χ2v) is 7.31. The molecule has 2 aliphatic rings. The van der Waals surface area contributed by atoms with Crippen molar-refractivity contribution in [1.29, 1.82) is 0 Å². The topological polar surface area (TPSA) is 30.5 Å². The van der Waals surface area contributed by atoms with Gasteiger partial charge in [-0.15, -0.1) is 0 Å². The molecule has 116 valence electrons. The van der Waals surface area contributed by atoms with Crippen LogP contribution < -0.4 is 5.32 Å². The number of ether oxygens (including phenoxy) is 2. The number of thioether (sulfide) groups is 1. The van der Waals surface area contributed by atoms with Crippen LogP contribution in [0, 0.1) is 6.92 Å². The average molecular weight is 307 g/mol. The Morgan fingerprint density at radius 2 is 2.14 bits per heavy atom. The number of aryl methyl sites for hydroxylation is 1. The number of benzene rings is 1. The van der Waals surface area contributed by atoms with Crippen molar-refractivity contribution in [3.8, 4) is 0 Å². The Labute approximate surface area is 131 Å². The zero-order valence-corrected chi connectivity index (χ0v) is 13.7. The van der Waals surface area contributed by atoms with Gasteiger partial charge >= 0.3 is 0 Å². The van der Waals surface area contributed by atoms with Crippen LogP contribution in [0.4, 0.5) is 0 Å². The smallest absolute Gasteiger partial charge is 0.169 e. The highest BCUT2D eigenvalue weighted by Gasteiger charge is 2.44. The minimum absolute atomic E-state index is 0.294. The van der Waals surface area contributed by atoms with E-state index in [4.69, 9.17) is 9.47 Å². The third-order valence-electron chi connectivity index (χ3n) is 4.53. The zero-order chi connectivity index (χ0) is 14.7. The number of hydrogen-bond donors (Lipinski definition) is 1. The number of nitrogens with one attached hydrogen (secondary N) is 1. The summed E-state index contributed by atoms with van der Waals surface area (Å²) in [6.07, 6.45) is 3.14. The number of rotatable bonds is 4. The van der Waals surface area contributed by atoms with Crippen LogP contribution in [0.15, 0.2) is 24.3 Å². The minimum atomic E-state index is -0.294. The van der Waals surface area contributed by atoms with Gasteiger partial charge in [0.15, 0.2) is 5.79 Å². The highest BCUT2D eigenvalue weighted by Crippen LogP contribution is 2.41. The van der Waals surface area contributed by atoms with E-state index in [0.717, 1.165) is 38.2 Å². The molecule has 1 heterocycles. The Bertz CT molecular complexity index is 474. The largest absolute Gasteiger partial charge is 0.347 e. The molecule has 1 saturated heterocycles. The van der Waals surface area contributed by atoms with Crippen LogP contribution in [-0.4, -0.2) is 37.3 Å². The molecule has 1 aromatic rings. The van der Waals surface area contributed by atoms with Gasteiger partial charge in [0.1, 0.15) is 0 Å².